The molecule has 0 spiro atoms. The Bertz CT molecular complexity index is 543. The SMILES string of the molecule is CN(C(=O)c1cccc(NN)n1)c1ccncc1. The summed E-state index contributed by atoms with van der Waals surface area (Å²) in [5.41, 5.74) is 3.49. The van der Waals surface area contributed by atoms with Gasteiger partial charge in [0.05, 0.1) is 0 Å². The molecule has 18 heavy (non-hydrogen) atoms. The van der Waals surface area contributed by atoms with Gasteiger partial charge in [-0.25, -0.2) is 10.8 Å². The molecule has 0 saturated carbocycles. The van der Waals surface area contributed by atoms with Crippen LogP contribution in [-0.2, 0) is 0 Å². The maximum Gasteiger partial charge on any atom is 0.276 e. The summed E-state index contributed by atoms with van der Waals surface area (Å²) in [5.74, 6) is 5.50. The van der Waals surface area contributed by atoms with Gasteiger partial charge >= 0.3 is 0 Å². The number of carbonyl (C=O) groups is 1. The first-order valence-electron chi connectivity index (χ1n) is 5.34. The molecule has 6 nitrogen and oxygen atoms in total. The quantitative estimate of drug-likeness (QED) is 0.621. The fraction of sp³-hybridized carbons (Fsp3) is 0.0833. The molecule has 2 aromatic rings. The fourth-order valence-corrected chi connectivity index (χ4v) is 1.49. The van der Waals surface area contributed by atoms with Crippen molar-refractivity contribution >= 4 is 17.4 Å². The molecule has 0 saturated heterocycles. The molecule has 0 aliphatic heterocycles. The number of anilines is 2. The van der Waals surface area contributed by atoms with E-state index < -0.39 is 0 Å². The Morgan fingerprint density at radius 3 is 2.67 bits per heavy atom. The molecule has 0 bridgehead atoms. The van der Waals surface area contributed by atoms with Crippen LogP contribution in [0.2, 0.25) is 0 Å². The van der Waals surface area contributed by atoms with Gasteiger partial charge in [0.25, 0.3) is 5.91 Å². The smallest absolute Gasteiger partial charge is 0.276 e. The molecule has 6 heteroatoms. The number of pyridine rings is 2. The van der Waals surface area contributed by atoms with Gasteiger partial charge in [-0.3, -0.25) is 9.78 Å². The molecule has 0 atom stereocenters. The topological polar surface area (TPSA) is 84.1 Å². The molecule has 0 aromatic carbocycles. The van der Waals surface area contributed by atoms with Crippen molar-refractivity contribution in [2.24, 2.45) is 5.84 Å². The van der Waals surface area contributed by atoms with Gasteiger partial charge in [-0.05, 0) is 24.3 Å². The molecule has 92 valence electrons. The Kier molecular flexibility index (Phi) is 3.49. The maximum atomic E-state index is 12.2. The molecule has 0 unspecified atom stereocenters. The van der Waals surface area contributed by atoms with Crippen molar-refractivity contribution in [1.82, 2.24) is 9.97 Å². The highest BCUT2D eigenvalue weighted by atomic mass is 16.2. The van der Waals surface area contributed by atoms with Crippen LogP contribution in [0.15, 0.2) is 42.7 Å². The van der Waals surface area contributed by atoms with Gasteiger partial charge in [0.1, 0.15) is 11.5 Å². The Hall–Kier alpha value is -2.47. The third-order valence-electron chi connectivity index (χ3n) is 2.47. The summed E-state index contributed by atoms with van der Waals surface area (Å²) < 4.78 is 0. The highest BCUT2D eigenvalue weighted by molar-refractivity contribution is 6.04. The second kappa shape index (κ2) is 5.24. The highest BCUT2D eigenvalue weighted by Crippen LogP contribution is 2.13. The molecule has 0 aliphatic rings. The molecule has 1 amide bonds. The largest absolute Gasteiger partial charge is 0.310 e. The van der Waals surface area contributed by atoms with Crippen molar-refractivity contribution in [2.45, 2.75) is 0 Å². The van der Waals surface area contributed by atoms with Crippen LogP contribution in [0.25, 0.3) is 0 Å². The standard InChI is InChI=1S/C12H13N5O/c1-17(9-5-7-14-8-6-9)12(18)10-3-2-4-11(15-10)16-13/h2-8H,13H2,1H3,(H,15,16). The van der Waals surface area contributed by atoms with E-state index in [4.69, 9.17) is 5.84 Å². The van der Waals surface area contributed by atoms with Crippen LogP contribution in [-0.4, -0.2) is 22.9 Å². The first kappa shape index (κ1) is 12.0. The van der Waals surface area contributed by atoms with E-state index >= 15 is 0 Å². The van der Waals surface area contributed by atoms with Crippen LogP contribution < -0.4 is 16.2 Å². The molecule has 0 aliphatic carbocycles. The maximum absolute atomic E-state index is 12.2. The summed E-state index contributed by atoms with van der Waals surface area (Å²) in [5, 5.41) is 0. The lowest BCUT2D eigenvalue weighted by Crippen LogP contribution is -2.27. The number of amides is 1. The van der Waals surface area contributed by atoms with Crippen molar-refractivity contribution in [3.05, 3.63) is 48.4 Å². The Balaban J connectivity index is 2.25. The van der Waals surface area contributed by atoms with E-state index in [-0.39, 0.29) is 5.91 Å². The van der Waals surface area contributed by atoms with Crippen LogP contribution in [0.3, 0.4) is 0 Å². The summed E-state index contributed by atoms with van der Waals surface area (Å²) in [6.07, 6.45) is 3.26. The van der Waals surface area contributed by atoms with Crippen LogP contribution >= 0.6 is 0 Å². The third-order valence-corrected chi connectivity index (χ3v) is 2.47. The number of nitrogens with two attached hydrogens (primary N) is 1. The van der Waals surface area contributed by atoms with Crippen LogP contribution in [0.5, 0.6) is 0 Å². The van der Waals surface area contributed by atoms with E-state index in [0.29, 0.717) is 11.5 Å². The minimum Gasteiger partial charge on any atom is -0.310 e. The summed E-state index contributed by atoms with van der Waals surface area (Å²) in [6.45, 7) is 0. The molecular formula is C12H13N5O. The van der Waals surface area contributed by atoms with Gasteiger partial charge in [-0.15, -0.1) is 0 Å². The van der Waals surface area contributed by atoms with E-state index in [9.17, 15) is 4.79 Å². The molecule has 0 radical (unpaired) electrons. The van der Waals surface area contributed by atoms with E-state index in [1.807, 2.05) is 0 Å². The number of carbonyl (C=O) groups excluding carboxylic acids is 1. The summed E-state index contributed by atoms with van der Waals surface area (Å²) >= 11 is 0. The van der Waals surface area contributed by atoms with E-state index in [2.05, 4.69) is 15.4 Å². The number of rotatable bonds is 3. The first-order chi connectivity index (χ1) is 8.72. The molecule has 3 N–H and O–H groups in total. The fourth-order valence-electron chi connectivity index (χ4n) is 1.49. The van der Waals surface area contributed by atoms with Gasteiger partial charge < -0.3 is 10.3 Å². The number of hydrogen-bond donors (Lipinski definition) is 2. The predicted octanol–water partition coefficient (Wildman–Crippen LogP) is 1.04. The number of aromatic nitrogens is 2. The minimum absolute atomic E-state index is 0.210. The first-order valence-corrected chi connectivity index (χ1v) is 5.34. The van der Waals surface area contributed by atoms with Crippen molar-refractivity contribution in [1.29, 1.82) is 0 Å². The zero-order chi connectivity index (χ0) is 13.0. The van der Waals surface area contributed by atoms with Crippen molar-refractivity contribution in [3.63, 3.8) is 0 Å². The van der Waals surface area contributed by atoms with Crippen molar-refractivity contribution in [2.75, 3.05) is 17.4 Å². The number of nitrogens with zero attached hydrogens (tertiary/aromatic N) is 3. The molecule has 2 aromatic heterocycles. The van der Waals surface area contributed by atoms with Gasteiger partial charge in [0.15, 0.2) is 0 Å². The number of nitrogen functional groups attached to an aromatic ring is 1. The second-order valence-corrected chi connectivity index (χ2v) is 3.62. The van der Waals surface area contributed by atoms with Gasteiger partial charge in [-0.2, -0.15) is 0 Å². The van der Waals surface area contributed by atoms with Crippen LogP contribution in [0, 0.1) is 0 Å². The number of hydrogen-bond acceptors (Lipinski definition) is 5. The van der Waals surface area contributed by atoms with Crippen molar-refractivity contribution in [3.8, 4) is 0 Å². The monoisotopic (exact) mass is 243 g/mol. The highest BCUT2D eigenvalue weighted by Gasteiger charge is 2.14. The van der Waals surface area contributed by atoms with Crippen LogP contribution in [0.1, 0.15) is 10.5 Å². The summed E-state index contributed by atoms with van der Waals surface area (Å²) in [4.78, 5) is 21.7. The lowest BCUT2D eigenvalue weighted by Gasteiger charge is -2.16. The molecular weight excluding hydrogens is 230 g/mol. The Labute approximate surface area is 104 Å². The van der Waals surface area contributed by atoms with Gasteiger partial charge in [-0.1, -0.05) is 6.07 Å². The average molecular weight is 243 g/mol. The Morgan fingerprint density at radius 1 is 1.28 bits per heavy atom. The zero-order valence-corrected chi connectivity index (χ0v) is 9.87. The van der Waals surface area contributed by atoms with Gasteiger partial charge in [0.2, 0.25) is 0 Å². The van der Waals surface area contributed by atoms with E-state index in [1.54, 1.807) is 49.8 Å². The van der Waals surface area contributed by atoms with E-state index in [1.165, 1.54) is 4.90 Å². The molecule has 2 rings (SSSR count). The minimum atomic E-state index is -0.210. The Morgan fingerprint density at radius 2 is 2.00 bits per heavy atom. The second-order valence-electron chi connectivity index (χ2n) is 3.62. The average Bonchev–Trinajstić information content (AvgIpc) is 2.46. The van der Waals surface area contributed by atoms with E-state index in [0.717, 1.165) is 5.69 Å². The predicted molar refractivity (Wildman–Crippen MR) is 69.0 cm³/mol. The number of hydrazine groups is 1. The third kappa shape index (κ3) is 2.44. The number of nitrogens with one attached hydrogen (secondary N) is 1. The summed E-state index contributed by atoms with van der Waals surface area (Å²) in [7, 11) is 1.68. The molecule has 0 fully saturated rings. The normalized spacial score (nSPS) is 9.89. The lowest BCUT2D eigenvalue weighted by molar-refractivity contribution is 0.0988. The lowest BCUT2D eigenvalue weighted by atomic mass is 10.3. The molecule has 2 heterocycles. The summed E-state index contributed by atoms with van der Waals surface area (Å²) in [6, 6.07) is 8.55. The van der Waals surface area contributed by atoms with Gasteiger partial charge in [0, 0.05) is 25.1 Å². The van der Waals surface area contributed by atoms with Crippen molar-refractivity contribution < 1.29 is 4.79 Å². The zero-order valence-electron chi connectivity index (χ0n) is 9.87. The van der Waals surface area contributed by atoms with Crippen LogP contribution in [0.4, 0.5) is 11.5 Å².